The molecule has 0 unspecified atom stereocenters. The van der Waals surface area contributed by atoms with E-state index in [1.807, 2.05) is 0 Å². The molecule has 0 atom stereocenters. The Morgan fingerprint density at radius 3 is 2.44 bits per heavy atom. The lowest BCUT2D eigenvalue weighted by Gasteiger charge is -2.11. The Hall–Kier alpha value is -2.88. The minimum Gasteiger partial charge on any atom is -0.423 e. The van der Waals surface area contributed by atoms with E-state index in [1.54, 1.807) is 0 Å². The van der Waals surface area contributed by atoms with Crippen molar-refractivity contribution in [2.24, 2.45) is 0 Å². The minimum absolute atomic E-state index is 0.127. The van der Waals surface area contributed by atoms with Gasteiger partial charge in [0.05, 0.1) is 5.56 Å². The van der Waals surface area contributed by atoms with E-state index in [2.05, 4.69) is 0 Å². The van der Waals surface area contributed by atoms with Gasteiger partial charge < -0.3 is 8.60 Å². The van der Waals surface area contributed by atoms with Crippen LogP contribution in [0.4, 0.5) is 17.6 Å². The predicted molar refractivity (Wildman–Crippen MR) is 87.1 cm³/mol. The number of rotatable bonds is 4. The van der Waals surface area contributed by atoms with E-state index in [9.17, 15) is 30.8 Å². The van der Waals surface area contributed by atoms with Crippen molar-refractivity contribution in [1.29, 1.82) is 0 Å². The number of hydrogen-bond donors (Lipinski definition) is 0. The molecule has 0 saturated carbocycles. The second-order valence-corrected chi connectivity index (χ2v) is 7.12. The summed E-state index contributed by atoms with van der Waals surface area (Å²) in [6.07, 6.45) is -4.79. The van der Waals surface area contributed by atoms with Gasteiger partial charge in [-0.15, -0.1) is 0 Å². The molecular weight excluding hydrogens is 392 g/mol. The molecule has 0 N–H and O–H groups in total. The summed E-state index contributed by atoms with van der Waals surface area (Å²) in [5.41, 5.74) is -2.80. The van der Waals surface area contributed by atoms with Gasteiger partial charge in [-0.3, -0.25) is 0 Å². The van der Waals surface area contributed by atoms with Gasteiger partial charge >= 0.3 is 21.9 Å². The maximum Gasteiger partial charge on any atom is 0.417 e. The van der Waals surface area contributed by atoms with E-state index in [0.717, 1.165) is 30.3 Å². The molecule has 10 heteroatoms. The van der Waals surface area contributed by atoms with Crippen LogP contribution in [0, 0.1) is 5.82 Å². The number of fused-ring (bicyclic) bond motifs is 1. The van der Waals surface area contributed by atoms with E-state index in [0.29, 0.717) is 6.07 Å². The van der Waals surface area contributed by atoms with Crippen molar-refractivity contribution in [3.8, 4) is 5.75 Å². The summed E-state index contributed by atoms with van der Waals surface area (Å²) < 4.78 is 85.9. The highest BCUT2D eigenvalue weighted by atomic mass is 32.2. The molecular formula is C17H10F4O5S. The molecule has 1 aromatic heterocycles. The van der Waals surface area contributed by atoms with E-state index in [-0.39, 0.29) is 11.3 Å². The van der Waals surface area contributed by atoms with Gasteiger partial charge in [0, 0.05) is 17.5 Å². The number of halogens is 4. The fourth-order valence-corrected chi connectivity index (χ4v) is 3.48. The maximum atomic E-state index is 13.1. The second-order valence-electron chi connectivity index (χ2n) is 5.55. The second kappa shape index (κ2) is 6.69. The zero-order valence-corrected chi connectivity index (χ0v) is 14.1. The van der Waals surface area contributed by atoms with Crippen molar-refractivity contribution in [3.05, 3.63) is 75.9 Å². The Bertz CT molecular complexity index is 1170. The highest BCUT2D eigenvalue weighted by Gasteiger charge is 2.34. The molecule has 1 heterocycles. The van der Waals surface area contributed by atoms with Crippen molar-refractivity contribution in [2.75, 3.05) is 0 Å². The number of benzene rings is 2. The summed E-state index contributed by atoms with van der Waals surface area (Å²) >= 11 is 0. The largest absolute Gasteiger partial charge is 0.423 e. The third-order valence-corrected chi connectivity index (χ3v) is 4.61. The summed E-state index contributed by atoms with van der Waals surface area (Å²) in [5, 5.41) is -0.419. The van der Waals surface area contributed by atoms with E-state index < -0.39 is 50.0 Å². The molecule has 0 bridgehead atoms. The molecule has 3 aromatic rings. The quantitative estimate of drug-likeness (QED) is 0.376. The van der Waals surface area contributed by atoms with Crippen LogP contribution < -0.4 is 9.81 Å². The lowest BCUT2D eigenvalue weighted by atomic mass is 10.1. The molecule has 0 amide bonds. The average Bonchev–Trinajstić information content (AvgIpc) is 2.51. The summed E-state index contributed by atoms with van der Waals surface area (Å²) in [6, 6.07) is 7.96. The zero-order chi connectivity index (χ0) is 19.8. The van der Waals surface area contributed by atoms with Crippen LogP contribution in [0.5, 0.6) is 5.75 Å². The smallest absolute Gasteiger partial charge is 0.417 e. The fourth-order valence-electron chi connectivity index (χ4n) is 2.44. The molecule has 0 spiro atoms. The molecule has 2 aromatic carbocycles. The van der Waals surface area contributed by atoms with Crippen LogP contribution in [0.15, 0.2) is 57.7 Å². The summed E-state index contributed by atoms with van der Waals surface area (Å²) in [4.78, 5) is 11.4. The van der Waals surface area contributed by atoms with Crippen molar-refractivity contribution >= 4 is 21.1 Å². The Morgan fingerprint density at radius 2 is 1.78 bits per heavy atom. The van der Waals surface area contributed by atoms with Crippen LogP contribution in [-0.4, -0.2) is 8.42 Å². The molecule has 0 radical (unpaired) electrons. The van der Waals surface area contributed by atoms with Gasteiger partial charge in [-0.05, 0) is 29.8 Å². The van der Waals surface area contributed by atoms with Crippen LogP contribution in [0.2, 0.25) is 0 Å². The molecule has 0 aliphatic rings. The normalized spacial score (nSPS) is 12.3. The third kappa shape index (κ3) is 4.45. The summed E-state index contributed by atoms with van der Waals surface area (Å²) in [5.74, 6) is -1.63. The molecule has 0 saturated heterocycles. The van der Waals surface area contributed by atoms with Crippen LogP contribution in [0.3, 0.4) is 0 Å². The van der Waals surface area contributed by atoms with Crippen molar-refractivity contribution < 1.29 is 34.6 Å². The van der Waals surface area contributed by atoms with Crippen LogP contribution in [0.25, 0.3) is 11.0 Å². The first-order valence-electron chi connectivity index (χ1n) is 7.35. The first-order chi connectivity index (χ1) is 12.5. The third-order valence-electron chi connectivity index (χ3n) is 3.48. The van der Waals surface area contributed by atoms with Crippen molar-refractivity contribution in [1.82, 2.24) is 0 Å². The van der Waals surface area contributed by atoms with E-state index >= 15 is 0 Å². The van der Waals surface area contributed by atoms with Gasteiger partial charge in [0.15, 0.2) is 0 Å². The summed E-state index contributed by atoms with van der Waals surface area (Å²) in [6.45, 7) is 0. The zero-order valence-electron chi connectivity index (χ0n) is 13.3. The van der Waals surface area contributed by atoms with Gasteiger partial charge in [0.1, 0.15) is 22.9 Å². The Morgan fingerprint density at radius 1 is 1.04 bits per heavy atom. The maximum absolute atomic E-state index is 13.1. The van der Waals surface area contributed by atoms with Crippen molar-refractivity contribution in [3.63, 3.8) is 0 Å². The first kappa shape index (κ1) is 18.9. The predicted octanol–water partition coefficient (Wildman–Crippen LogP) is 3.86. The standard InChI is InChI=1S/C17H10F4O5S/c18-11-3-1-2-10(6-11)9-27(23,24)26-12-4-5-13-14(17(19,20)21)8-16(22)25-15(13)7-12/h1-8H,9H2. The first-order valence-corrected chi connectivity index (χ1v) is 8.93. The van der Waals surface area contributed by atoms with Crippen LogP contribution >= 0.6 is 0 Å². The fraction of sp³-hybridized carbons (Fsp3) is 0.118. The molecule has 0 aliphatic carbocycles. The van der Waals surface area contributed by atoms with E-state index in [1.165, 1.54) is 12.1 Å². The highest BCUT2D eigenvalue weighted by Crippen LogP contribution is 2.35. The molecule has 142 valence electrons. The lowest BCUT2D eigenvalue weighted by molar-refractivity contribution is -0.136. The van der Waals surface area contributed by atoms with Gasteiger partial charge in [-0.1, -0.05) is 12.1 Å². The number of hydrogen-bond acceptors (Lipinski definition) is 5. The van der Waals surface area contributed by atoms with Crippen molar-refractivity contribution in [2.45, 2.75) is 11.9 Å². The summed E-state index contributed by atoms with van der Waals surface area (Å²) in [7, 11) is -4.23. The molecule has 5 nitrogen and oxygen atoms in total. The Balaban J connectivity index is 1.95. The van der Waals surface area contributed by atoms with Gasteiger partial charge in [-0.2, -0.15) is 21.6 Å². The van der Waals surface area contributed by atoms with Crippen LogP contribution in [0.1, 0.15) is 11.1 Å². The highest BCUT2D eigenvalue weighted by molar-refractivity contribution is 7.86. The minimum atomic E-state index is -4.79. The monoisotopic (exact) mass is 402 g/mol. The topological polar surface area (TPSA) is 73.6 Å². The Labute approximate surface area is 149 Å². The molecule has 0 fully saturated rings. The molecule has 3 rings (SSSR count). The van der Waals surface area contributed by atoms with Gasteiger partial charge in [0.2, 0.25) is 0 Å². The van der Waals surface area contributed by atoms with Crippen LogP contribution in [-0.2, 0) is 22.0 Å². The van der Waals surface area contributed by atoms with E-state index in [4.69, 9.17) is 8.60 Å². The SMILES string of the molecule is O=c1cc(C(F)(F)F)c2ccc(OS(=O)(=O)Cc3cccc(F)c3)cc2o1. The Kier molecular flexibility index (Phi) is 4.68. The molecule has 27 heavy (non-hydrogen) atoms. The lowest BCUT2D eigenvalue weighted by Crippen LogP contribution is -2.13. The number of alkyl halides is 3. The molecule has 0 aliphatic heterocycles. The van der Waals surface area contributed by atoms with Gasteiger partial charge in [0.25, 0.3) is 0 Å². The average molecular weight is 402 g/mol. The van der Waals surface area contributed by atoms with Gasteiger partial charge in [-0.25, -0.2) is 9.18 Å².